The molecule has 34 heavy (non-hydrogen) atoms. The zero-order chi connectivity index (χ0) is 24.5. The van der Waals surface area contributed by atoms with E-state index in [0.717, 1.165) is 15.9 Å². The van der Waals surface area contributed by atoms with Crippen LogP contribution in [0.3, 0.4) is 0 Å². The van der Waals surface area contributed by atoms with Crippen LogP contribution in [0.25, 0.3) is 16.9 Å². The van der Waals surface area contributed by atoms with Crippen LogP contribution in [0.5, 0.6) is 11.5 Å². The minimum atomic E-state index is -4.16. The average molecular weight is 483 g/mol. The number of phenols is 2. The lowest BCUT2D eigenvalue weighted by molar-refractivity contribution is 0.430. The molecule has 3 aromatic carbocycles. The van der Waals surface area contributed by atoms with Crippen LogP contribution >= 0.6 is 0 Å². The third kappa shape index (κ3) is 4.51. The van der Waals surface area contributed by atoms with Gasteiger partial charge in [0.25, 0.3) is 0 Å². The van der Waals surface area contributed by atoms with E-state index in [-0.39, 0.29) is 22.8 Å². The van der Waals surface area contributed by atoms with Gasteiger partial charge < -0.3 is 15.9 Å². The number of nitrogens with zero attached hydrogens (tertiary/aromatic N) is 3. The standard InChI is InChI=1S/C24H23FN4O4S/c1-28(15-16-5-7-18(25)8-6-16)34(32,33)24-12-20(22(30)13-23(24)31)21-9-10-27-29(21)19-4-2-3-17(11-19)14-26/h2-13,30-31H,14-15,26H2,1H3. The lowest BCUT2D eigenvalue weighted by Gasteiger charge is -2.19. The van der Waals surface area contributed by atoms with E-state index in [1.807, 2.05) is 18.2 Å². The highest BCUT2D eigenvalue weighted by molar-refractivity contribution is 7.89. The Morgan fingerprint density at radius 3 is 2.44 bits per heavy atom. The first-order valence-electron chi connectivity index (χ1n) is 10.3. The lowest BCUT2D eigenvalue weighted by atomic mass is 10.1. The van der Waals surface area contributed by atoms with Gasteiger partial charge in [0.2, 0.25) is 10.0 Å². The number of phenolic OH excluding ortho intramolecular Hbond substituents is 2. The number of sulfonamides is 1. The summed E-state index contributed by atoms with van der Waals surface area (Å²) in [5.74, 6) is -1.33. The topological polar surface area (TPSA) is 122 Å². The van der Waals surface area contributed by atoms with E-state index in [0.29, 0.717) is 23.5 Å². The molecule has 0 saturated carbocycles. The third-order valence-electron chi connectivity index (χ3n) is 5.39. The second kappa shape index (κ2) is 9.26. The maximum absolute atomic E-state index is 13.3. The first kappa shape index (κ1) is 23.4. The lowest BCUT2D eigenvalue weighted by Crippen LogP contribution is -2.26. The van der Waals surface area contributed by atoms with Gasteiger partial charge >= 0.3 is 0 Å². The van der Waals surface area contributed by atoms with E-state index in [1.165, 1.54) is 43.6 Å². The molecule has 0 bridgehead atoms. The highest BCUT2D eigenvalue weighted by Gasteiger charge is 2.27. The zero-order valence-electron chi connectivity index (χ0n) is 18.3. The molecule has 0 fully saturated rings. The van der Waals surface area contributed by atoms with Crippen molar-refractivity contribution in [2.24, 2.45) is 5.73 Å². The highest BCUT2D eigenvalue weighted by atomic mass is 32.2. The van der Waals surface area contributed by atoms with Gasteiger partial charge in [-0.2, -0.15) is 9.40 Å². The van der Waals surface area contributed by atoms with Crippen molar-refractivity contribution in [3.8, 4) is 28.4 Å². The van der Waals surface area contributed by atoms with E-state index >= 15 is 0 Å². The molecule has 4 rings (SSSR count). The van der Waals surface area contributed by atoms with Crippen molar-refractivity contribution in [1.29, 1.82) is 0 Å². The molecule has 176 valence electrons. The number of halogens is 1. The number of rotatable bonds is 7. The Labute approximate surface area is 196 Å². The largest absolute Gasteiger partial charge is 0.507 e. The fourth-order valence-electron chi connectivity index (χ4n) is 3.60. The van der Waals surface area contributed by atoms with Gasteiger partial charge in [-0.1, -0.05) is 24.3 Å². The summed E-state index contributed by atoms with van der Waals surface area (Å²) >= 11 is 0. The van der Waals surface area contributed by atoms with Crippen LogP contribution in [0.15, 0.2) is 77.8 Å². The van der Waals surface area contributed by atoms with Crippen LogP contribution in [0, 0.1) is 5.82 Å². The van der Waals surface area contributed by atoms with Crippen molar-refractivity contribution in [3.63, 3.8) is 0 Å². The van der Waals surface area contributed by atoms with Crippen LogP contribution in [0.4, 0.5) is 4.39 Å². The number of benzene rings is 3. The summed E-state index contributed by atoms with van der Waals surface area (Å²) in [4.78, 5) is -0.381. The second-order valence-corrected chi connectivity index (χ2v) is 9.74. The molecule has 4 N–H and O–H groups in total. The Hall–Kier alpha value is -3.73. The monoisotopic (exact) mass is 482 g/mol. The van der Waals surface area contributed by atoms with E-state index in [4.69, 9.17) is 5.73 Å². The molecule has 0 saturated heterocycles. The Kier molecular flexibility index (Phi) is 6.38. The summed E-state index contributed by atoms with van der Waals surface area (Å²) in [5.41, 5.74) is 8.44. The Morgan fingerprint density at radius 1 is 1.00 bits per heavy atom. The Balaban J connectivity index is 1.75. The maximum atomic E-state index is 13.3. The molecule has 1 heterocycles. The van der Waals surface area contributed by atoms with Gasteiger partial charge in [0.05, 0.1) is 17.6 Å². The summed E-state index contributed by atoms with van der Waals surface area (Å²) in [6, 6.07) is 16.6. The maximum Gasteiger partial charge on any atom is 0.246 e. The van der Waals surface area contributed by atoms with Gasteiger partial charge in [0, 0.05) is 31.8 Å². The van der Waals surface area contributed by atoms with Gasteiger partial charge in [-0.15, -0.1) is 0 Å². The molecule has 0 aliphatic carbocycles. The quantitative estimate of drug-likeness (QED) is 0.371. The van der Waals surface area contributed by atoms with Gasteiger partial charge in [-0.3, -0.25) is 0 Å². The predicted octanol–water partition coefficient (Wildman–Crippen LogP) is 3.37. The normalized spacial score (nSPS) is 11.8. The number of aromatic nitrogens is 2. The molecular formula is C24H23FN4O4S. The Morgan fingerprint density at radius 2 is 1.74 bits per heavy atom. The van der Waals surface area contributed by atoms with Crippen molar-refractivity contribution in [1.82, 2.24) is 14.1 Å². The van der Waals surface area contributed by atoms with Crippen molar-refractivity contribution in [2.75, 3.05) is 7.05 Å². The molecule has 10 heteroatoms. The summed E-state index contributed by atoms with van der Waals surface area (Å²) in [5, 5.41) is 25.3. The van der Waals surface area contributed by atoms with Crippen molar-refractivity contribution in [3.05, 3.63) is 89.9 Å². The van der Waals surface area contributed by atoms with Crippen molar-refractivity contribution >= 4 is 10.0 Å². The first-order valence-corrected chi connectivity index (χ1v) is 11.7. The number of hydrogen-bond acceptors (Lipinski definition) is 6. The fraction of sp³-hybridized carbons (Fsp3) is 0.125. The minimum absolute atomic E-state index is 0.0396. The minimum Gasteiger partial charge on any atom is -0.507 e. The van der Waals surface area contributed by atoms with Gasteiger partial charge in [0.1, 0.15) is 22.2 Å². The van der Waals surface area contributed by atoms with Gasteiger partial charge in [0.15, 0.2) is 0 Å². The molecule has 0 unspecified atom stereocenters. The van der Waals surface area contributed by atoms with Crippen LogP contribution < -0.4 is 5.73 Å². The van der Waals surface area contributed by atoms with Crippen LogP contribution in [-0.4, -0.2) is 39.8 Å². The van der Waals surface area contributed by atoms with Crippen LogP contribution in [0.2, 0.25) is 0 Å². The molecule has 8 nitrogen and oxygen atoms in total. The van der Waals surface area contributed by atoms with Crippen LogP contribution in [0.1, 0.15) is 11.1 Å². The van der Waals surface area contributed by atoms with Crippen molar-refractivity contribution < 1.29 is 23.0 Å². The summed E-state index contributed by atoms with van der Waals surface area (Å²) in [6.45, 7) is 0.291. The summed E-state index contributed by atoms with van der Waals surface area (Å²) in [6.07, 6.45) is 1.52. The molecule has 0 atom stereocenters. The highest BCUT2D eigenvalue weighted by Crippen LogP contribution is 2.38. The zero-order valence-corrected chi connectivity index (χ0v) is 19.1. The summed E-state index contributed by atoms with van der Waals surface area (Å²) < 4.78 is 42.3. The molecule has 0 spiro atoms. The third-order valence-corrected chi connectivity index (χ3v) is 7.23. The molecule has 0 amide bonds. The van der Waals surface area contributed by atoms with Crippen molar-refractivity contribution in [2.45, 2.75) is 18.0 Å². The first-order chi connectivity index (χ1) is 16.2. The Bertz CT molecular complexity index is 1440. The van der Waals surface area contributed by atoms with Gasteiger partial charge in [-0.05, 0) is 47.5 Å². The number of aromatic hydroxyl groups is 2. The summed E-state index contributed by atoms with van der Waals surface area (Å²) in [7, 11) is -2.81. The van der Waals surface area contributed by atoms with E-state index in [2.05, 4.69) is 5.10 Å². The molecular weight excluding hydrogens is 459 g/mol. The molecule has 1 aromatic heterocycles. The smallest absolute Gasteiger partial charge is 0.246 e. The van der Waals surface area contributed by atoms with E-state index in [9.17, 15) is 23.0 Å². The second-order valence-electron chi connectivity index (χ2n) is 7.73. The van der Waals surface area contributed by atoms with Crippen LogP contribution in [-0.2, 0) is 23.1 Å². The van der Waals surface area contributed by atoms with E-state index in [1.54, 1.807) is 16.8 Å². The molecule has 0 radical (unpaired) electrons. The number of hydrogen-bond donors (Lipinski definition) is 3. The fourth-order valence-corrected chi connectivity index (χ4v) is 4.84. The van der Waals surface area contributed by atoms with Gasteiger partial charge in [-0.25, -0.2) is 17.5 Å². The molecule has 0 aliphatic rings. The molecule has 0 aliphatic heterocycles. The average Bonchev–Trinajstić information content (AvgIpc) is 3.30. The molecule has 4 aromatic rings. The van der Waals surface area contributed by atoms with E-state index < -0.39 is 21.6 Å². The number of nitrogens with two attached hydrogens (primary N) is 1. The predicted molar refractivity (Wildman–Crippen MR) is 125 cm³/mol. The SMILES string of the molecule is CN(Cc1ccc(F)cc1)S(=O)(=O)c1cc(-c2ccnn2-c2cccc(CN)c2)c(O)cc1O.